The standard InChI is InChI=1S/C22H21NO3/c1-2-25-21-13-7-6-11-18(21)16-23-22(24)20(15-19-12-8-14-26-19)17-9-4-3-5-10-17/h3-15H,2,16H2,1H3,(H,23,24)/b20-15+. The number of amides is 1. The maximum Gasteiger partial charge on any atom is 0.252 e. The van der Waals surface area contributed by atoms with E-state index in [2.05, 4.69) is 5.32 Å². The molecule has 0 aliphatic carbocycles. The van der Waals surface area contributed by atoms with Crippen molar-refractivity contribution >= 4 is 17.6 Å². The van der Waals surface area contributed by atoms with Crippen LogP contribution in [0.1, 0.15) is 23.8 Å². The van der Waals surface area contributed by atoms with Gasteiger partial charge in [0.25, 0.3) is 5.91 Å². The predicted molar refractivity (Wildman–Crippen MR) is 102 cm³/mol. The summed E-state index contributed by atoms with van der Waals surface area (Å²) in [5, 5.41) is 2.98. The normalized spacial score (nSPS) is 11.2. The molecule has 4 nitrogen and oxygen atoms in total. The van der Waals surface area contributed by atoms with Crippen LogP contribution >= 0.6 is 0 Å². The molecular weight excluding hydrogens is 326 g/mol. The van der Waals surface area contributed by atoms with Crippen molar-refractivity contribution in [3.63, 3.8) is 0 Å². The molecule has 1 aromatic heterocycles. The van der Waals surface area contributed by atoms with Crippen molar-refractivity contribution in [2.24, 2.45) is 0 Å². The highest BCUT2D eigenvalue weighted by Crippen LogP contribution is 2.21. The Morgan fingerprint density at radius 2 is 1.81 bits per heavy atom. The van der Waals surface area contributed by atoms with E-state index < -0.39 is 0 Å². The number of furan rings is 1. The molecule has 0 saturated heterocycles. The molecular formula is C22H21NO3. The zero-order valence-corrected chi connectivity index (χ0v) is 14.6. The third-order valence-electron chi connectivity index (χ3n) is 3.87. The summed E-state index contributed by atoms with van der Waals surface area (Å²) in [6.45, 7) is 2.91. The molecule has 3 aromatic rings. The number of nitrogens with one attached hydrogen (secondary N) is 1. The van der Waals surface area contributed by atoms with Crippen molar-refractivity contribution in [3.05, 3.63) is 89.9 Å². The van der Waals surface area contributed by atoms with E-state index in [1.54, 1.807) is 18.4 Å². The summed E-state index contributed by atoms with van der Waals surface area (Å²) < 4.78 is 11.0. The molecule has 132 valence electrons. The van der Waals surface area contributed by atoms with Crippen LogP contribution in [0.25, 0.3) is 11.6 Å². The number of carbonyl (C=O) groups excluding carboxylic acids is 1. The Morgan fingerprint density at radius 1 is 1.04 bits per heavy atom. The Morgan fingerprint density at radius 3 is 2.54 bits per heavy atom. The number of hydrogen-bond acceptors (Lipinski definition) is 3. The van der Waals surface area contributed by atoms with Crippen LogP contribution in [0.4, 0.5) is 0 Å². The molecule has 0 fully saturated rings. The van der Waals surface area contributed by atoms with E-state index in [1.165, 1.54) is 0 Å². The lowest BCUT2D eigenvalue weighted by Gasteiger charge is -2.12. The fourth-order valence-corrected chi connectivity index (χ4v) is 2.63. The maximum atomic E-state index is 12.9. The first kappa shape index (κ1) is 17.5. The van der Waals surface area contributed by atoms with Crippen molar-refractivity contribution in [2.45, 2.75) is 13.5 Å². The molecule has 26 heavy (non-hydrogen) atoms. The topological polar surface area (TPSA) is 51.5 Å². The molecule has 1 amide bonds. The summed E-state index contributed by atoms with van der Waals surface area (Å²) in [5.74, 6) is 1.25. The highest BCUT2D eigenvalue weighted by Gasteiger charge is 2.13. The fraction of sp³-hybridized carbons (Fsp3) is 0.136. The van der Waals surface area contributed by atoms with Crippen molar-refractivity contribution in [3.8, 4) is 5.75 Å². The lowest BCUT2D eigenvalue weighted by Crippen LogP contribution is -2.24. The molecule has 0 spiro atoms. The zero-order valence-electron chi connectivity index (χ0n) is 14.6. The molecule has 0 unspecified atom stereocenters. The van der Waals surface area contributed by atoms with Crippen molar-refractivity contribution in [2.75, 3.05) is 6.61 Å². The smallest absolute Gasteiger partial charge is 0.252 e. The van der Waals surface area contributed by atoms with Gasteiger partial charge in [0.2, 0.25) is 0 Å². The van der Waals surface area contributed by atoms with E-state index in [4.69, 9.17) is 9.15 Å². The largest absolute Gasteiger partial charge is 0.494 e. The second-order valence-corrected chi connectivity index (χ2v) is 5.66. The summed E-state index contributed by atoms with van der Waals surface area (Å²) in [5.41, 5.74) is 2.32. The Hall–Kier alpha value is -3.27. The molecule has 1 heterocycles. The van der Waals surface area contributed by atoms with E-state index in [0.29, 0.717) is 24.5 Å². The first-order valence-corrected chi connectivity index (χ1v) is 8.57. The monoisotopic (exact) mass is 347 g/mol. The second kappa shape index (κ2) is 8.72. The first-order chi connectivity index (χ1) is 12.8. The molecule has 0 bridgehead atoms. The molecule has 0 saturated carbocycles. The molecule has 4 heteroatoms. The SMILES string of the molecule is CCOc1ccccc1CNC(=O)/C(=C/c1ccco1)c1ccccc1. The first-order valence-electron chi connectivity index (χ1n) is 8.57. The van der Waals surface area contributed by atoms with Crippen LogP contribution in [0.3, 0.4) is 0 Å². The predicted octanol–water partition coefficient (Wildman–Crippen LogP) is 4.54. The molecule has 2 aromatic carbocycles. The van der Waals surface area contributed by atoms with Crippen LogP contribution in [0, 0.1) is 0 Å². The second-order valence-electron chi connectivity index (χ2n) is 5.66. The zero-order chi connectivity index (χ0) is 18.2. The van der Waals surface area contributed by atoms with E-state index in [0.717, 1.165) is 16.9 Å². The maximum absolute atomic E-state index is 12.9. The van der Waals surface area contributed by atoms with Crippen LogP contribution in [-0.4, -0.2) is 12.5 Å². The summed E-state index contributed by atoms with van der Waals surface area (Å²) in [7, 11) is 0. The molecule has 1 N–H and O–H groups in total. The lowest BCUT2D eigenvalue weighted by atomic mass is 10.0. The van der Waals surface area contributed by atoms with Crippen molar-refractivity contribution < 1.29 is 13.9 Å². The van der Waals surface area contributed by atoms with Crippen LogP contribution in [0.2, 0.25) is 0 Å². The van der Waals surface area contributed by atoms with Gasteiger partial charge in [-0.3, -0.25) is 4.79 Å². The van der Waals surface area contributed by atoms with Crippen molar-refractivity contribution in [1.82, 2.24) is 5.32 Å². The molecule has 0 aliphatic rings. The summed E-state index contributed by atoms with van der Waals surface area (Å²) in [6, 6.07) is 20.9. The Labute approximate surface area is 153 Å². The number of carbonyl (C=O) groups is 1. The highest BCUT2D eigenvalue weighted by atomic mass is 16.5. The fourth-order valence-electron chi connectivity index (χ4n) is 2.63. The van der Waals surface area contributed by atoms with Gasteiger partial charge in [-0.15, -0.1) is 0 Å². The van der Waals surface area contributed by atoms with Crippen LogP contribution in [0.5, 0.6) is 5.75 Å². The van der Waals surface area contributed by atoms with Crippen LogP contribution in [-0.2, 0) is 11.3 Å². The van der Waals surface area contributed by atoms with E-state index in [9.17, 15) is 4.79 Å². The average molecular weight is 347 g/mol. The molecule has 3 rings (SSSR count). The van der Waals surface area contributed by atoms with Gasteiger partial charge >= 0.3 is 0 Å². The summed E-state index contributed by atoms with van der Waals surface area (Å²) in [4.78, 5) is 12.9. The Balaban J connectivity index is 1.81. The van der Waals surface area contributed by atoms with Gasteiger partial charge in [-0.1, -0.05) is 48.5 Å². The number of para-hydroxylation sites is 1. The average Bonchev–Trinajstić information content (AvgIpc) is 3.19. The number of benzene rings is 2. The lowest BCUT2D eigenvalue weighted by molar-refractivity contribution is -0.115. The van der Waals surface area contributed by atoms with E-state index >= 15 is 0 Å². The van der Waals surface area contributed by atoms with Gasteiger partial charge in [-0.05, 0) is 36.8 Å². The number of ether oxygens (including phenoxy) is 1. The van der Waals surface area contributed by atoms with Crippen molar-refractivity contribution in [1.29, 1.82) is 0 Å². The Bertz CT molecular complexity index is 867. The van der Waals surface area contributed by atoms with Gasteiger partial charge in [0.15, 0.2) is 0 Å². The van der Waals surface area contributed by atoms with Gasteiger partial charge in [0.05, 0.1) is 18.4 Å². The van der Waals surface area contributed by atoms with Crippen LogP contribution < -0.4 is 10.1 Å². The minimum Gasteiger partial charge on any atom is -0.494 e. The number of rotatable bonds is 7. The van der Waals surface area contributed by atoms with Gasteiger partial charge in [-0.25, -0.2) is 0 Å². The third kappa shape index (κ3) is 4.42. The summed E-state index contributed by atoms with van der Waals surface area (Å²) >= 11 is 0. The van der Waals surface area contributed by atoms with Gasteiger partial charge in [0.1, 0.15) is 11.5 Å². The van der Waals surface area contributed by atoms with Gasteiger partial charge in [-0.2, -0.15) is 0 Å². The molecule has 0 aliphatic heterocycles. The van der Waals surface area contributed by atoms with E-state index in [-0.39, 0.29) is 5.91 Å². The summed E-state index contributed by atoms with van der Waals surface area (Å²) in [6.07, 6.45) is 3.34. The Kier molecular flexibility index (Phi) is 5.88. The third-order valence-corrected chi connectivity index (χ3v) is 3.87. The quantitative estimate of drug-likeness (QED) is 0.639. The van der Waals surface area contributed by atoms with Gasteiger partial charge < -0.3 is 14.5 Å². The number of hydrogen-bond donors (Lipinski definition) is 1. The minimum atomic E-state index is -0.168. The van der Waals surface area contributed by atoms with Gasteiger partial charge in [0, 0.05) is 12.1 Å². The highest BCUT2D eigenvalue weighted by molar-refractivity contribution is 6.24. The molecule has 0 radical (unpaired) electrons. The van der Waals surface area contributed by atoms with Crippen LogP contribution in [0.15, 0.2) is 77.4 Å². The minimum absolute atomic E-state index is 0.168. The molecule has 0 atom stereocenters. The van der Waals surface area contributed by atoms with E-state index in [1.807, 2.05) is 67.6 Å².